The summed E-state index contributed by atoms with van der Waals surface area (Å²) in [5, 5.41) is 0. The summed E-state index contributed by atoms with van der Waals surface area (Å²) in [6.45, 7) is 3.15. The van der Waals surface area contributed by atoms with Crippen LogP contribution in [-0.4, -0.2) is 43.2 Å². The fraction of sp³-hybridized carbons (Fsp3) is 0.611. The molecule has 3 rings (SSSR count). The third-order valence-corrected chi connectivity index (χ3v) is 6.22. The van der Waals surface area contributed by atoms with E-state index in [0.29, 0.717) is 24.1 Å². The number of piperidine rings is 2. The standard InChI is InChI=1S/C18H25BrNO2/c1-20-11-5-4-10-17(20)14(7-6-12-20)13-22-18(21)15-8-2-3-9-16(15)19/h2-3,8-9,14,17H,4-7,10-13H2,1H3/q+1. The number of halogens is 1. The van der Waals surface area contributed by atoms with Gasteiger partial charge in [-0.15, -0.1) is 0 Å². The minimum Gasteiger partial charge on any atom is -0.462 e. The molecule has 0 bridgehead atoms. The number of nitrogens with zero attached hydrogens (tertiary/aromatic N) is 1. The van der Waals surface area contributed by atoms with E-state index in [-0.39, 0.29) is 5.97 Å². The van der Waals surface area contributed by atoms with Gasteiger partial charge in [-0.3, -0.25) is 0 Å². The van der Waals surface area contributed by atoms with Crippen molar-refractivity contribution in [3.05, 3.63) is 34.3 Å². The van der Waals surface area contributed by atoms with Gasteiger partial charge in [-0.25, -0.2) is 4.79 Å². The Morgan fingerprint density at radius 2 is 2.00 bits per heavy atom. The Labute approximate surface area is 141 Å². The third kappa shape index (κ3) is 3.23. The van der Waals surface area contributed by atoms with Crippen LogP contribution in [-0.2, 0) is 4.74 Å². The van der Waals surface area contributed by atoms with Crippen LogP contribution in [0.1, 0.15) is 42.5 Å². The lowest BCUT2D eigenvalue weighted by Gasteiger charge is -2.51. The van der Waals surface area contributed by atoms with Crippen LogP contribution in [0.4, 0.5) is 0 Å². The zero-order valence-corrected chi connectivity index (χ0v) is 14.8. The number of quaternary nitrogens is 1. The van der Waals surface area contributed by atoms with Crippen LogP contribution in [0.15, 0.2) is 28.7 Å². The number of esters is 1. The van der Waals surface area contributed by atoms with Crippen molar-refractivity contribution in [1.82, 2.24) is 0 Å². The minimum atomic E-state index is -0.205. The summed E-state index contributed by atoms with van der Waals surface area (Å²) in [6, 6.07) is 8.15. The SMILES string of the molecule is C[N+]12CCCCC1C(COC(=O)c1ccccc1Br)CCC2. The molecule has 0 saturated carbocycles. The summed E-state index contributed by atoms with van der Waals surface area (Å²) in [7, 11) is 2.39. The molecule has 0 spiro atoms. The number of benzene rings is 1. The highest BCUT2D eigenvalue weighted by molar-refractivity contribution is 9.10. The number of carbonyl (C=O) groups is 1. The molecule has 2 aliphatic rings. The van der Waals surface area contributed by atoms with Crippen LogP contribution >= 0.6 is 15.9 Å². The quantitative estimate of drug-likeness (QED) is 0.596. The third-order valence-electron chi connectivity index (χ3n) is 5.53. The zero-order chi connectivity index (χ0) is 15.6. The summed E-state index contributed by atoms with van der Waals surface area (Å²) in [5.41, 5.74) is 0.624. The van der Waals surface area contributed by atoms with Gasteiger partial charge in [0.15, 0.2) is 0 Å². The van der Waals surface area contributed by atoms with Crippen LogP contribution < -0.4 is 0 Å². The average Bonchev–Trinajstić information content (AvgIpc) is 2.52. The highest BCUT2D eigenvalue weighted by atomic mass is 79.9. The molecule has 3 atom stereocenters. The van der Waals surface area contributed by atoms with Crippen molar-refractivity contribution < 1.29 is 14.0 Å². The molecule has 0 radical (unpaired) electrons. The number of ether oxygens (including phenoxy) is 1. The molecule has 4 heteroatoms. The van der Waals surface area contributed by atoms with Crippen LogP contribution in [0.25, 0.3) is 0 Å². The Bertz CT molecular complexity index is 544. The molecule has 2 aliphatic heterocycles. The van der Waals surface area contributed by atoms with E-state index in [4.69, 9.17) is 4.74 Å². The second kappa shape index (κ2) is 6.71. The lowest BCUT2D eigenvalue weighted by molar-refractivity contribution is -0.947. The van der Waals surface area contributed by atoms with E-state index in [1.807, 2.05) is 24.3 Å². The first-order chi connectivity index (χ1) is 10.6. The summed E-state index contributed by atoms with van der Waals surface area (Å²) in [4.78, 5) is 12.3. The minimum absolute atomic E-state index is 0.205. The van der Waals surface area contributed by atoms with Gasteiger partial charge in [0.1, 0.15) is 6.61 Å². The van der Waals surface area contributed by atoms with Gasteiger partial charge in [0, 0.05) is 16.8 Å². The molecule has 1 aromatic carbocycles. The molecule has 0 aromatic heterocycles. The highest BCUT2D eigenvalue weighted by Gasteiger charge is 2.43. The largest absolute Gasteiger partial charge is 0.462 e. The maximum atomic E-state index is 12.3. The molecule has 0 amide bonds. The number of carbonyl (C=O) groups excluding carboxylic acids is 1. The fourth-order valence-electron chi connectivity index (χ4n) is 4.31. The van der Waals surface area contributed by atoms with E-state index in [1.165, 1.54) is 49.7 Å². The van der Waals surface area contributed by atoms with Crippen molar-refractivity contribution in [2.75, 3.05) is 26.7 Å². The molecule has 120 valence electrons. The van der Waals surface area contributed by atoms with Crippen molar-refractivity contribution >= 4 is 21.9 Å². The number of hydrogen-bond donors (Lipinski definition) is 0. The second-order valence-electron chi connectivity index (χ2n) is 6.97. The highest BCUT2D eigenvalue weighted by Crippen LogP contribution is 2.36. The number of rotatable bonds is 3. The summed E-state index contributed by atoms with van der Waals surface area (Å²) < 4.78 is 7.66. The van der Waals surface area contributed by atoms with Crippen molar-refractivity contribution in [1.29, 1.82) is 0 Å². The van der Waals surface area contributed by atoms with E-state index >= 15 is 0 Å². The van der Waals surface area contributed by atoms with Gasteiger partial charge in [0.05, 0.1) is 31.7 Å². The molecule has 0 aliphatic carbocycles. The summed E-state index contributed by atoms with van der Waals surface area (Å²) >= 11 is 3.42. The van der Waals surface area contributed by atoms with Gasteiger partial charge in [-0.2, -0.15) is 0 Å². The molecular weight excluding hydrogens is 342 g/mol. The Hall–Kier alpha value is -0.870. The number of fused-ring (bicyclic) bond motifs is 1. The van der Waals surface area contributed by atoms with E-state index in [1.54, 1.807) is 0 Å². The Morgan fingerprint density at radius 3 is 2.82 bits per heavy atom. The molecule has 2 fully saturated rings. The Balaban J connectivity index is 1.63. The van der Waals surface area contributed by atoms with E-state index < -0.39 is 0 Å². The van der Waals surface area contributed by atoms with Gasteiger partial charge in [0.25, 0.3) is 0 Å². The molecule has 2 heterocycles. The lowest BCUT2D eigenvalue weighted by Crippen LogP contribution is -2.61. The molecule has 1 aromatic rings. The molecule has 22 heavy (non-hydrogen) atoms. The van der Waals surface area contributed by atoms with Gasteiger partial charge in [0.2, 0.25) is 0 Å². The van der Waals surface area contributed by atoms with Crippen LogP contribution in [0.5, 0.6) is 0 Å². The van der Waals surface area contributed by atoms with Gasteiger partial charge < -0.3 is 9.22 Å². The first-order valence-electron chi connectivity index (χ1n) is 8.36. The average molecular weight is 367 g/mol. The molecule has 2 saturated heterocycles. The van der Waals surface area contributed by atoms with Crippen molar-refractivity contribution in [2.45, 2.75) is 38.1 Å². The topological polar surface area (TPSA) is 26.3 Å². The predicted octanol–water partition coefficient (Wildman–Crippen LogP) is 4.02. The first kappa shape index (κ1) is 16.0. The lowest BCUT2D eigenvalue weighted by atomic mass is 9.82. The number of hydrogen-bond acceptors (Lipinski definition) is 2. The molecule has 3 nitrogen and oxygen atoms in total. The maximum absolute atomic E-state index is 12.3. The predicted molar refractivity (Wildman–Crippen MR) is 90.7 cm³/mol. The molecule has 0 N–H and O–H groups in total. The summed E-state index contributed by atoms with van der Waals surface area (Å²) in [6.07, 6.45) is 6.41. The monoisotopic (exact) mass is 366 g/mol. The van der Waals surface area contributed by atoms with E-state index in [9.17, 15) is 4.79 Å². The zero-order valence-electron chi connectivity index (χ0n) is 13.3. The fourth-order valence-corrected chi connectivity index (χ4v) is 4.76. The second-order valence-corrected chi connectivity index (χ2v) is 7.82. The van der Waals surface area contributed by atoms with Gasteiger partial charge in [-0.1, -0.05) is 12.1 Å². The Morgan fingerprint density at radius 1 is 1.23 bits per heavy atom. The van der Waals surface area contributed by atoms with Crippen LogP contribution in [0.2, 0.25) is 0 Å². The van der Waals surface area contributed by atoms with Gasteiger partial charge in [-0.05, 0) is 53.7 Å². The van der Waals surface area contributed by atoms with Crippen molar-refractivity contribution in [3.8, 4) is 0 Å². The van der Waals surface area contributed by atoms with Gasteiger partial charge >= 0.3 is 5.97 Å². The normalized spacial score (nSPS) is 31.4. The van der Waals surface area contributed by atoms with E-state index in [2.05, 4.69) is 23.0 Å². The first-order valence-corrected chi connectivity index (χ1v) is 9.15. The van der Waals surface area contributed by atoms with Crippen molar-refractivity contribution in [3.63, 3.8) is 0 Å². The van der Waals surface area contributed by atoms with Crippen molar-refractivity contribution in [2.24, 2.45) is 5.92 Å². The molecular formula is C18H25BrNO2+. The summed E-state index contributed by atoms with van der Waals surface area (Å²) in [5.74, 6) is 0.313. The van der Waals surface area contributed by atoms with E-state index in [0.717, 1.165) is 4.47 Å². The molecule has 3 unspecified atom stereocenters. The van der Waals surface area contributed by atoms with Crippen LogP contribution in [0.3, 0.4) is 0 Å². The maximum Gasteiger partial charge on any atom is 0.339 e. The van der Waals surface area contributed by atoms with Crippen LogP contribution in [0, 0.1) is 5.92 Å². The Kier molecular flexibility index (Phi) is 4.88. The smallest absolute Gasteiger partial charge is 0.339 e.